The zero-order valence-corrected chi connectivity index (χ0v) is 24.1. The molecule has 3 N–H and O–H groups in total. The maximum Gasteiger partial charge on any atom is 0.343 e. The number of carbonyl (C=O) groups excluding carboxylic acids is 4. The van der Waals surface area contributed by atoms with Crippen LogP contribution < -0.4 is 25.5 Å². The topological polar surface area (TPSA) is 135 Å². The molecule has 0 fully saturated rings. The number of benzene rings is 4. The molecule has 3 amide bonds. The van der Waals surface area contributed by atoms with E-state index in [0.29, 0.717) is 16.8 Å². The third-order valence-corrected chi connectivity index (χ3v) is 6.31. The summed E-state index contributed by atoms with van der Waals surface area (Å²) >= 11 is 3.34. The summed E-state index contributed by atoms with van der Waals surface area (Å²) in [6.45, 7) is 1.92. The van der Waals surface area contributed by atoms with Gasteiger partial charge >= 0.3 is 17.8 Å². The van der Waals surface area contributed by atoms with E-state index in [1.807, 2.05) is 19.1 Å². The minimum absolute atomic E-state index is 0.150. The number of aryl methyl sites for hydroxylation is 1. The number of ether oxygens (including phenoxy) is 2. The number of para-hydroxylation sites is 1. The quantitative estimate of drug-likeness (QED) is 0.0794. The molecule has 4 aromatic rings. The van der Waals surface area contributed by atoms with Crippen molar-refractivity contribution in [3.8, 4) is 11.5 Å². The maximum absolute atomic E-state index is 12.8. The number of anilines is 2. The van der Waals surface area contributed by atoms with Gasteiger partial charge < -0.3 is 20.1 Å². The monoisotopic (exact) mass is 628 g/mol. The highest BCUT2D eigenvalue weighted by atomic mass is 79.9. The summed E-state index contributed by atoms with van der Waals surface area (Å²) in [5.74, 6) is -2.61. The average molecular weight is 629 g/mol. The van der Waals surface area contributed by atoms with Crippen LogP contribution in [0.5, 0.6) is 11.5 Å². The zero-order chi connectivity index (χ0) is 30.1. The third-order valence-electron chi connectivity index (χ3n) is 5.79. The van der Waals surface area contributed by atoms with Crippen LogP contribution in [0.2, 0.25) is 0 Å². The predicted molar refractivity (Wildman–Crippen MR) is 162 cm³/mol. The Balaban J connectivity index is 1.35. The highest BCUT2D eigenvalue weighted by Gasteiger charge is 2.18. The van der Waals surface area contributed by atoms with Crippen molar-refractivity contribution in [2.24, 2.45) is 5.10 Å². The summed E-state index contributed by atoms with van der Waals surface area (Å²) in [6, 6.07) is 24.9. The van der Waals surface area contributed by atoms with Crippen molar-refractivity contribution < 1.29 is 28.7 Å². The van der Waals surface area contributed by atoms with Crippen molar-refractivity contribution in [3.05, 3.63) is 118 Å². The number of hydrogen-bond donors (Lipinski definition) is 3. The molecule has 0 heterocycles. The summed E-state index contributed by atoms with van der Waals surface area (Å²) in [4.78, 5) is 50.1. The van der Waals surface area contributed by atoms with Crippen molar-refractivity contribution in [2.45, 2.75) is 6.92 Å². The third kappa shape index (κ3) is 7.89. The minimum atomic E-state index is -1.05. The molecule has 0 spiro atoms. The first-order valence-corrected chi connectivity index (χ1v) is 13.3. The Morgan fingerprint density at radius 3 is 2.24 bits per heavy atom. The van der Waals surface area contributed by atoms with Crippen molar-refractivity contribution in [1.29, 1.82) is 0 Å². The van der Waals surface area contributed by atoms with Gasteiger partial charge in [0.15, 0.2) is 11.5 Å². The van der Waals surface area contributed by atoms with Crippen LogP contribution in [-0.2, 0) is 9.59 Å². The molecule has 0 aliphatic rings. The summed E-state index contributed by atoms with van der Waals surface area (Å²) in [5.41, 5.74) is 4.92. The molecule has 0 aliphatic carbocycles. The second-order valence-corrected chi connectivity index (χ2v) is 9.74. The van der Waals surface area contributed by atoms with E-state index >= 15 is 0 Å². The minimum Gasteiger partial charge on any atom is -0.493 e. The number of amides is 3. The van der Waals surface area contributed by atoms with E-state index in [-0.39, 0.29) is 22.7 Å². The number of methoxy groups -OCH3 is 1. The van der Waals surface area contributed by atoms with Crippen LogP contribution in [0.25, 0.3) is 0 Å². The van der Waals surface area contributed by atoms with E-state index in [0.717, 1.165) is 10.0 Å². The van der Waals surface area contributed by atoms with E-state index in [9.17, 15) is 19.2 Å². The van der Waals surface area contributed by atoms with Crippen LogP contribution in [0.3, 0.4) is 0 Å². The molecule has 0 saturated heterocycles. The van der Waals surface area contributed by atoms with E-state index in [2.05, 4.69) is 37.1 Å². The fourth-order valence-electron chi connectivity index (χ4n) is 3.61. The lowest BCUT2D eigenvalue weighted by atomic mass is 10.1. The molecule has 0 radical (unpaired) electrons. The number of carbonyl (C=O) groups is 4. The number of rotatable bonds is 8. The van der Waals surface area contributed by atoms with Gasteiger partial charge in [0.25, 0.3) is 5.91 Å². The molecule has 4 rings (SSSR count). The number of esters is 1. The van der Waals surface area contributed by atoms with E-state index in [4.69, 9.17) is 9.47 Å². The first-order valence-electron chi connectivity index (χ1n) is 12.5. The Labute approximate surface area is 249 Å². The molecule has 0 bridgehead atoms. The fourth-order valence-corrected chi connectivity index (χ4v) is 3.88. The van der Waals surface area contributed by atoms with Crippen LogP contribution in [0.1, 0.15) is 31.8 Å². The number of hydrazone groups is 1. The average Bonchev–Trinajstić information content (AvgIpc) is 2.99. The summed E-state index contributed by atoms with van der Waals surface area (Å²) in [5, 5.41) is 8.99. The number of nitrogens with one attached hydrogen (secondary N) is 3. The van der Waals surface area contributed by atoms with Crippen molar-refractivity contribution in [2.75, 3.05) is 17.7 Å². The normalized spacial score (nSPS) is 10.5. The molecule has 212 valence electrons. The van der Waals surface area contributed by atoms with Gasteiger partial charge in [-0.05, 0) is 79.2 Å². The zero-order valence-electron chi connectivity index (χ0n) is 22.5. The summed E-state index contributed by atoms with van der Waals surface area (Å²) in [6.07, 6.45) is 1.29. The maximum atomic E-state index is 12.8. The van der Waals surface area contributed by atoms with Gasteiger partial charge in [-0.25, -0.2) is 10.2 Å². The molecular formula is C31H25BrN4O6. The second-order valence-electron chi connectivity index (χ2n) is 8.83. The van der Waals surface area contributed by atoms with Crippen LogP contribution in [0.4, 0.5) is 11.4 Å². The van der Waals surface area contributed by atoms with Gasteiger partial charge in [-0.2, -0.15) is 5.10 Å². The van der Waals surface area contributed by atoms with Gasteiger partial charge in [-0.3, -0.25) is 14.4 Å². The smallest absolute Gasteiger partial charge is 0.343 e. The molecule has 0 aliphatic heterocycles. The molecule has 0 saturated carbocycles. The van der Waals surface area contributed by atoms with E-state index < -0.39 is 23.7 Å². The van der Waals surface area contributed by atoms with Gasteiger partial charge in [0.1, 0.15) is 0 Å². The first kappa shape index (κ1) is 29.7. The summed E-state index contributed by atoms with van der Waals surface area (Å²) in [7, 11) is 1.42. The number of halogens is 1. The molecular weight excluding hydrogens is 604 g/mol. The van der Waals surface area contributed by atoms with E-state index in [1.54, 1.807) is 60.7 Å². The van der Waals surface area contributed by atoms with Gasteiger partial charge in [0.2, 0.25) is 0 Å². The molecule has 0 aromatic heterocycles. The molecule has 0 atom stereocenters. The Morgan fingerprint density at radius 2 is 1.52 bits per heavy atom. The molecule has 42 heavy (non-hydrogen) atoms. The first-order chi connectivity index (χ1) is 20.2. The van der Waals surface area contributed by atoms with Gasteiger partial charge in [-0.1, -0.05) is 45.8 Å². The Hall–Kier alpha value is -5.29. The predicted octanol–water partition coefficient (Wildman–Crippen LogP) is 5.33. The lowest BCUT2D eigenvalue weighted by Gasteiger charge is -2.11. The Bertz CT molecular complexity index is 1650. The summed E-state index contributed by atoms with van der Waals surface area (Å²) < 4.78 is 11.6. The number of hydrogen-bond acceptors (Lipinski definition) is 7. The largest absolute Gasteiger partial charge is 0.493 e. The molecule has 4 aromatic carbocycles. The Kier molecular flexibility index (Phi) is 9.80. The second kappa shape index (κ2) is 13.9. The highest BCUT2D eigenvalue weighted by Crippen LogP contribution is 2.28. The van der Waals surface area contributed by atoms with E-state index in [1.165, 1.54) is 31.5 Å². The van der Waals surface area contributed by atoms with Gasteiger partial charge in [0, 0.05) is 10.2 Å². The van der Waals surface area contributed by atoms with Gasteiger partial charge in [0.05, 0.1) is 30.1 Å². The van der Waals surface area contributed by atoms with Crippen molar-refractivity contribution >= 4 is 57.2 Å². The fraction of sp³-hybridized carbons (Fsp3) is 0.0645. The van der Waals surface area contributed by atoms with Crippen LogP contribution in [0, 0.1) is 6.92 Å². The SMILES string of the molecule is COc1cc(C=NNC(=O)C(=O)Nc2ccccc2C(=O)Nc2ccc(Br)cc2)ccc1OC(=O)c1ccc(C)cc1. The number of nitrogens with zero attached hydrogens (tertiary/aromatic N) is 1. The molecule has 10 nitrogen and oxygen atoms in total. The standard InChI is InChI=1S/C31H25BrN4O6/c1-19-7-10-21(11-8-19)31(40)42-26-16-9-20(17-27(26)41-2)18-33-36-30(39)29(38)35-25-6-4-3-5-24(25)28(37)34-23-14-12-22(32)13-15-23/h3-18H,1-2H3,(H,34,37)(H,35,38)(H,36,39). The van der Waals surface area contributed by atoms with Crippen molar-refractivity contribution in [1.82, 2.24) is 5.43 Å². The van der Waals surface area contributed by atoms with Crippen molar-refractivity contribution in [3.63, 3.8) is 0 Å². The van der Waals surface area contributed by atoms with Crippen LogP contribution in [-0.4, -0.2) is 37.0 Å². The Morgan fingerprint density at radius 1 is 0.810 bits per heavy atom. The van der Waals surface area contributed by atoms with Crippen LogP contribution in [0.15, 0.2) is 101 Å². The lowest BCUT2D eigenvalue weighted by molar-refractivity contribution is -0.136. The van der Waals surface area contributed by atoms with Gasteiger partial charge in [-0.15, -0.1) is 0 Å². The molecule has 11 heteroatoms. The highest BCUT2D eigenvalue weighted by molar-refractivity contribution is 9.10. The van der Waals surface area contributed by atoms with Crippen LogP contribution >= 0.6 is 15.9 Å². The lowest BCUT2D eigenvalue weighted by Crippen LogP contribution is -2.33. The molecule has 0 unspecified atom stereocenters.